The van der Waals surface area contributed by atoms with Crippen LogP contribution in [0.3, 0.4) is 0 Å². The summed E-state index contributed by atoms with van der Waals surface area (Å²) in [5.74, 6) is -12.6. The molecule has 0 bridgehead atoms. The van der Waals surface area contributed by atoms with E-state index in [9.17, 15) is 68.1 Å². The van der Waals surface area contributed by atoms with Gasteiger partial charge < -0.3 is 73.6 Å². The Morgan fingerprint density at radius 3 is 1.57 bits per heavy atom. The molecular weight excluding hydrogens is 1030 g/mol. The predicted molar refractivity (Wildman–Crippen MR) is 292 cm³/mol. The van der Waals surface area contributed by atoms with E-state index < -0.39 is 170 Å². The van der Waals surface area contributed by atoms with Crippen LogP contribution in [0.5, 0.6) is 0 Å². The van der Waals surface area contributed by atoms with Crippen molar-refractivity contribution in [1.29, 1.82) is 0 Å². The molecule has 12 atom stereocenters. The van der Waals surface area contributed by atoms with Crippen molar-refractivity contribution >= 4 is 65.0 Å². The number of primary amides is 1. The number of amides is 10. The summed E-state index contributed by atoms with van der Waals surface area (Å²) in [7, 11) is 0. The van der Waals surface area contributed by atoms with Crippen molar-refractivity contribution in [3.05, 3.63) is 0 Å². The smallest absolute Gasteiger partial charge is 0.329 e. The van der Waals surface area contributed by atoms with E-state index in [0.29, 0.717) is 12.8 Å². The summed E-state index contributed by atoms with van der Waals surface area (Å²) in [4.78, 5) is 152. The number of rotatable bonds is 27. The van der Waals surface area contributed by atoms with Gasteiger partial charge in [-0.3, -0.25) is 47.9 Å². The maximum atomic E-state index is 14.7. The second-order valence-corrected chi connectivity index (χ2v) is 22.5. The molecule has 25 heteroatoms. The van der Waals surface area contributed by atoms with Crippen LogP contribution < -0.4 is 53.6 Å². The second-order valence-electron chi connectivity index (χ2n) is 22.5. The second kappa shape index (κ2) is 36.3. The maximum Gasteiger partial charge on any atom is 0.329 e. The molecule has 25 nitrogen and oxygen atoms in total. The number of aliphatic hydroxyl groups excluding tert-OH is 3. The number of ether oxygens (including phenoxy) is 1. The summed E-state index contributed by atoms with van der Waals surface area (Å²) < 4.78 is 5.84. The number of carbonyl (C=O) groups excluding carboxylic acids is 11. The number of hydrogen-bond donors (Lipinski definition) is 13. The molecule has 452 valence electrons. The fourth-order valence-corrected chi connectivity index (χ4v) is 8.63. The zero-order chi connectivity index (χ0) is 60.3. The maximum absolute atomic E-state index is 14.7. The molecule has 1 rings (SSSR count). The third-order valence-corrected chi connectivity index (χ3v) is 13.4. The van der Waals surface area contributed by atoms with Crippen LogP contribution in [0.15, 0.2) is 0 Å². The normalized spacial score (nSPS) is 24.0. The Kier molecular flexibility index (Phi) is 32.7. The highest BCUT2D eigenvalue weighted by Gasteiger charge is 2.40. The van der Waals surface area contributed by atoms with Crippen LogP contribution in [0.4, 0.5) is 0 Å². The molecule has 1 saturated heterocycles. The first-order valence-corrected chi connectivity index (χ1v) is 28.1. The van der Waals surface area contributed by atoms with E-state index in [4.69, 9.17) is 10.5 Å². The minimum Gasteiger partial charge on any atom is -0.458 e. The van der Waals surface area contributed by atoms with Gasteiger partial charge in [-0.25, -0.2) is 4.79 Å². The van der Waals surface area contributed by atoms with Crippen LogP contribution in [0.1, 0.15) is 167 Å². The van der Waals surface area contributed by atoms with Crippen molar-refractivity contribution in [2.24, 2.45) is 35.3 Å². The molecule has 0 radical (unpaired) electrons. The summed E-state index contributed by atoms with van der Waals surface area (Å²) in [6.07, 6.45) is 1.55. The summed E-state index contributed by atoms with van der Waals surface area (Å²) >= 11 is 0. The first kappa shape index (κ1) is 71.1. The van der Waals surface area contributed by atoms with Crippen LogP contribution in [0.25, 0.3) is 0 Å². The fraction of sp³-hybridized carbons (Fsp3) is 0.796. The average Bonchev–Trinajstić information content (AvgIpc) is 3.36. The molecule has 79 heavy (non-hydrogen) atoms. The molecule has 0 aromatic rings. The first-order chi connectivity index (χ1) is 37.0. The molecule has 1 fully saturated rings. The highest BCUT2D eigenvalue weighted by molar-refractivity contribution is 5.99. The molecule has 0 saturated carbocycles. The van der Waals surface area contributed by atoms with Gasteiger partial charge in [0.15, 0.2) is 0 Å². The summed E-state index contributed by atoms with van der Waals surface area (Å²) in [5.41, 5.74) is 5.49. The highest BCUT2D eigenvalue weighted by Crippen LogP contribution is 2.17. The molecule has 1 aliphatic heterocycles. The zero-order valence-electron chi connectivity index (χ0n) is 48.7. The molecular formula is C54H96N10O15. The Balaban J connectivity index is 3.99. The molecule has 0 aromatic heterocycles. The number of cyclic esters (lactones) is 1. The van der Waals surface area contributed by atoms with Gasteiger partial charge in [0.05, 0.1) is 25.7 Å². The Hall–Kier alpha value is -5.95. The molecule has 14 N–H and O–H groups in total. The molecule has 12 unspecified atom stereocenters. The van der Waals surface area contributed by atoms with Crippen LogP contribution >= 0.6 is 0 Å². The minimum absolute atomic E-state index is 0.00447. The number of aliphatic hydroxyl groups is 3. The quantitative estimate of drug-likeness (QED) is 0.0364. The van der Waals surface area contributed by atoms with E-state index in [0.717, 1.165) is 25.7 Å². The Morgan fingerprint density at radius 1 is 0.595 bits per heavy atom. The lowest BCUT2D eigenvalue weighted by atomic mass is 9.98. The number of nitrogens with one attached hydrogen (secondary N) is 9. The molecule has 1 aliphatic rings. The van der Waals surface area contributed by atoms with Gasteiger partial charge in [-0.1, -0.05) is 115 Å². The molecule has 0 aliphatic carbocycles. The van der Waals surface area contributed by atoms with Crippen LogP contribution in [0.2, 0.25) is 0 Å². The van der Waals surface area contributed by atoms with Crippen LogP contribution in [-0.4, -0.2) is 160 Å². The first-order valence-electron chi connectivity index (χ1n) is 28.1. The Bertz CT molecular complexity index is 2020. The average molecular weight is 1130 g/mol. The number of hydrogen-bond acceptors (Lipinski definition) is 15. The van der Waals surface area contributed by atoms with Gasteiger partial charge in [-0.15, -0.1) is 0 Å². The van der Waals surface area contributed by atoms with Gasteiger partial charge in [-0.2, -0.15) is 0 Å². The standard InChI is InChI=1S/C54H96N10O15/c1-13-15-16-17-18-19-34(67)25-42(69)56-36(22-28(3)4)47(71)57-35(20-21-41(55)68)46(70)64-45-33(12)79-54(78)44(32(11)14-2)63-51(75)40(27-66)61-48(72)37(23-29(5)6)58-50(74)39(26-65)60-49(73)38(24-30(7)8)59-52(76)43(31(9)10)62-53(45)77/h28-40,43-45,65-67H,13-27H2,1-12H3,(H2,55,68)(H,56,69)(H,57,71)(H,58,74)(H,59,76)(H,60,73)(H,61,72)(H,62,77)(H,63,75)(H,64,70). The van der Waals surface area contributed by atoms with Gasteiger partial charge in [-0.05, 0) is 68.6 Å². The van der Waals surface area contributed by atoms with Gasteiger partial charge in [0.2, 0.25) is 59.1 Å². The van der Waals surface area contributed by atoms with Crippen molar-refractivity contribution in [3.63, 3.8) is 0 Å². The van der Waals surface area contributed by atoms with Crippen LogP contribution in [-0.2, 0) is 57.5 Å². The molecule has 0 aromatic carbocycles. The topological polar surface area (TPSA) is 392 Å². The zero-order valence-corrected chi connectivity index (χ0v) is 48.7. The fourth-order valence-electron chi connectivity index (χ4n) is 8.63. The number of carbonyl (C=O) groups is 11. The van der Waals surface area contributed by atoms with Gasteiger partial charge in [0.25, 0.3) is 0 Å². The number of esters is 1. The summed E-state index contributed by atoms with van der Waals surface area (Å²) in [5, 5.41) is 54.0. The van der Waals surface area contributed by atoms with E-state index in [1.165, 1.54) is 6.92 Å². The molecule has 0 spiro atoms. The van der Waals surface area contributed by atoms with Crippen molar-refractivity contribution in [2.75, 3.05) is 13.2 Å². The van der Waals surface area contributed by atoms with Crippen LogP contribution in [0, 0.1) is 29.6 Å². The lowest BCUT2D eigenvalue weighted by Gasteiger charge is -2.32. The van der Waals surface area contributed by atoms with Crippen molar-refractivity contribution in [1.82, 2.24) is 47.9 Å². The Morgan fingerprint density at radius 2 is 1.09 bits per heavy atom. The van der Waals surface area contributed by atoms with Gasteiger partial charge in [0, 0.05) is 6.42 Å². The van der Waals surface area contributed by atoms with Crippen molar-refractivity contribution in [3.8, 4) is 0 Å². The van der Waals surface area contributed by atoms with E-state index >= 15 is 0 Å². The van der Waals surface area contributed by atoms with Gasteiger partial charge in [0.1, 0.15) is 60.5 Å². The summed E-state index contributed by atoms with van der Waals surface area (Å²) in [6, 6.07) is -13.9. The van der Waals surface area contributed by atoms with Crippen molar-refractivity contribution < 1.29 is 72.8 Å². The largest absolute Gasteiger partial charge is 0.458 e. The Labute approximate surface area is 466 Å². The number of unbranched alkanes of at least 4 members (excludes halogenated alkanes) is 4. The molecule has 1 heterocycles. The SMILES string of the molecule is CCCCCCCC(O)CC(=O)NC(CC(C)C)C(=O)NC(CCC(N)=O)C(=O)NC1C(=O)NC(C(C)C)C(=O)NC(CC(C)C)C(=O)NC(CO)C(=O)NC(CC(C)C)C(=O)NC(CO)C(=O)NC(C(C)CC)C(=O)OC1C. The van der Waals surface area contributed by atoms with Crippen molar-refractivity contribution in [2.45, 2.75) is 233 Å². The minimum atomic E-state index is -1.92. The van der Waals surface area contributed by atoms with E-state index in [2.05, 4.69) is 54.8 Å². The third-order valence-electron chi connectivity index (χ3n) is 13.4. The monoisotopic (exact) mass is 1120 g/mol. The lowest BCUT2D eigenvalue weighted by Crippen LogP contribution is -2.64. The van der Waals surface area contributed by atoms with Gasteiger partial charge >= 0.3 is 5.97 Å². The van der Waals surface area contributed by atoms with E-state index in [1.54, 1.807) is 69.2 Å². The third kappa shape index (κ3) is 26.3. The summed E-state index contributed by atoms with van der Waals surface area (Å²) in [6.45, 7) is 18.3. The highest BCUT2D eigenvalue weighted by atomic mass is 16.5. The number of nitrogens with two attached hydrogens (primary N) is 1. The predicted octanol–water partition coefficient (Wildman–Crippen LogP) is -0.503. The van der Waals surface area contributed by atoms with E-state index in [-0.39, 0.29) is 49.9 Å². The lowest BCUT2D eigenvalue weighted by molar-refractivity contribution is -0.157. The molecule has 10 amide bonds. The van der Waals surface area contributed by atoms with E-state index in [1.807, 2.05) is 0 Å².